The highest BCUT2D eigenvalue weighted by Crippen LogP contribution is 2.32. The number of anilines is 2. The van der Waals surface area contributed by atoms with Crippen molar-refractivity contribution in [2.45, 2.75) is 24.5 Å². The van der Waals surface area contributed by atoms with E-state index in [2.05, 4.69) is 9.97 Å². The number of nitrogens with zero attached hydrogens (tertiary/aromatic N) is 3. The fourth-order valence-electron chi connectivity index (χ4n) is 3.45. The predicted octanol–water partition coefficient (Wildman–Crippen LogP) is -1.38. The molecule has 0 unspecified atom stereocenters. The molecule has 1 saturated heterocycles. The van der Waals surface area contributed by atoms with E-state index in [0.717, 1.165) is 6.07 Å². The normalized spacial score (nSPS) is 23.1. The van der Waals surface area contributed by atoms with Crippen LogP contribution in [0.1, 0.15) is 16.6 Å². The summed E-state index contributed by atoms with van der Waals surface area (Å²) in [6.07, 6.45) is -2.53. The number of benzene rings is 1. The van der Waals surface area contributed by atoms with Crippen LogP contribution in [0.2, 0.25) is 0 Å². The first-order valence-electron chi connectivity index (χ1n) is 9.53. The third-order valence-corrected chi connectivity index (χ3v) is 6.08. The van der Waals surface area contributed by atoms with Gasteiger partial charge in [-0.3, -0.25) is 9.36 Å². The van der Waals surface area contributed by atoms with Gasteiger partial charge in [-0.15, -0.1) is 0 Å². The second kappa shape index (κ2) is 8.53. The molecule has 1 amide bonds. The van der Waals surface area contributed by atoms with Crippen molar-refractivity contribution in [3.8, 4) is 0 Å². The van der Waals surface area contributed by atoms with E-state index >= 15 is 0 Å². The van der Waals surface area contributed by atoms with Gasteiger partial charge in [-0.25, -0.2) is 19.1 Å². The Labute approximate surface area is 186 Å². The first-order chi connectivity index (χ1) is 15.6. The molecule has 4 atom stereocenters. The lowest BCUT2D eigenvalue weighted by Gasteiger charge is -2.17. The summed E-state index contributed by atoms with van der Waals surface area (Å²) >= 11 is 0. The van der Waals surface area contributed by atoms with Gasteiger partial charge in [0.05, 0.1) is 17.6 Å². The number of hydrogen-bond acceptors (Lipinski definition) is 10. The van der Waals surface area contributed by atoms with Crippen molar-refractivity contribution in [1.82, 2.24) is 24.0 Å². The van der Waals surface area contributed by atoms with E-state index in [1.54, 1.807) is 10.8 Å². The van der Waals surface area contributed by atoms with E-state index in [4.69, 9.17) is 16.2 Å². The van der Waals surface area contributed by atoms with Crippen LogP contribution in [0, 0.1) is 5.82 Å². The molecular weight excluding hydrogens is 461 g/mol. The first-order valence-corrected chi connectivity index (χ1v) is 11.0. The smallest absolute Gasteiger partial charge is 0.301 e. The number of nitrogen functional groups attached to an aromatic ring is 2. The quantitative estimate of drug-likeness (QED) is 0.227. The lowest BCUT2D eigenvalue weighted by atomic mass is 10.1. The largest absolute Gasteiger partial charge is 0.398 e. The number of rotatable bonds is 6. The Bertz CT molecular complexity index is 1300. The second-order valence-electron chi connectivity index (χ2n) is 7.26. The molecule has 1 aliphatic rings. The maximum atomic E-state index is 13.9. The summed E-state index contributed by atoms with van der Waals surface area (Å²) in [5.41, 5.74) is 11.5. The monoisotopic (exact) mass is 481 g/mol. The molecule has 1 aliphatic heterocycles. The van der Waals surface area contributed by atoms with Crippen LogP contribution in [-0.2, 0) is 14.9 Å². The van der Waals surface area contributed by atoms with Crippen molar-refractivity contribution >= 4 is 38.7 Å². The number of amides is 1. The highest BCUT2D eigenvalue weighted by atomic mass is 32.2. The number of ether oxygens (including phenoxy) is 1. The van der Waals surface area contributed by atoms with Crippen molar-refractivity contribution in [2.75, 3.05) is 18.0 Å². The molecule has 2 aromatic heterocycles. The van der Waals surface area contributed by atoms with Gasteiger partial charge in [-0.05, 0) is 18.2 Å². The molecule has 0 aliphatic carbocycles. The number of carbonyl (C=O) groups excluding carboxylic acids is 1. The van der Waals surface area contributed by atoms with Gasteiger partial charge in [0.2, 0.25) is 0 Å². The van der Waals surface area contributed by atoms with Gasteiger partial charge in [0.25, 0.3) is 5.91 Å². The van der Waals surface area contributed by atoms with E-state index in [1.165, 1.54) is 29.2 Å². The zero-order valence-corrected chi connectivity index (χ0v) is 17.6. The predicted molar refractivity (Wildman–Crippen MR) is 113 cm³/mol. The summed E-state index contributed by atoms with van der Waals surface area (Å²) in [6, 6.07) is 5.01. The van der Waals surface area contributed by atoms with Gasteiger partial charge in [-0.1, -0.05) is 6.07 Å². The van der Waals surface area contributed by atoms with Gasteiger partial charge < -0.3 is 26.4 Å². The number of aliphatic hydroxyl groups excluding tert-OH is 2. The molecule has 33 heavy (non-hydrogen) atoms. The molecule has 0 bridgehead atoms. The van der Waals surface area contributed by atoms with Crippen molar-refractivity contribution in [3.05, 3.63) is 48.2 Å². The maximum absolute atomic E-state index is 13.9. The highest BCUT2D eigenvalue weighted by Gasteiger charge is 2.44. The maximum Gasteiger partial charge on any atom is 0.301 e. The zero-order chi connectivity index (χ0) is 23.9. The lowest BCUT2D eigenvalue weighted by Crippen LogP contribution is -2.46. The van der Waals surface area contributed by atoms with Crippen LogP contribution < -0.4 is 20.9 Å². The Morgan fingerprint density at radius 2 is 1.94 bits per heavy atom. The summed E-state index contributed by atoms with van der Waals surface area (Å²) in [6.45, 7) is -0.522. The minimum Gasteiger partial charge on any atom is -0.398 e. The number of hydrogen-bond donors (Lipinski definition) is 6. The summed E-state index contributed by atoms with van der Waals surface area (Å²) in [5.74, 6) is -2.28. The minimum atomic E-state index is -4.49. The average Bonchev–Trinajstić information content (AvgIpc) is 3.29. The van der Waals surface area contributed by atoms with Gasteiger partial charge in [0.15, 0.2) is 11.9 Å². The number of nitrogens with one attached hydrogen (secondary N) is 2. The molecule has 13 nitrogen and oxygen atoms in total. The second-order valence-corrected chi connectivity index (χ2v) is 8.76. The third-order valence-electron chi connectivity index (χ3n) is 5.08. The van der Waals surface area contributed by atoms with E-state index in [9.17, 15) is 27.8 Å². The Kier molecular flexibility index (Phi) is 5.89. The summed E-state index contributed by atoms with van der Waals surface area (Å²) < 4.78 is 49.0. The number of fused-ring (bicyclic) bond motifs is 1. The standard InChI is InChI=1S/C18H20FN7O6S/c19-8-2-1-3-9(20)12(8)17(29)25-33(30,31)24-6-11-14(27)15(28)18(32-11)26-7-23-13-10(21)4-5-22-16(13)26/h1-5,7,11,14-15,18,24,27-28H,6,20H2,(H2,21,22)(H,25,29)/t11-,14-,15-,18-/m1/s1. The molecule has 1 fully saturated rings. The van der Waals surface area contributed by atoms with Crippen molar-refractivity contribution in [1.29, 1.82) is 0 Å². The average molecular weight is 481 g/mol. The van der Waals surface area contributed by atoms with Crippen LogP contribution in [0.3, 0.4) is 0 Å². The molecule has 1 aromatic carbocycles. The molecule has 3 heterocycles. The van der Waals surface area contributed by atoms with Crippen molar-refractivity contribution in [2.24, 2.45) is 0 Å². The molecule has 4 rings (SSSR count). The van der Waals surface area contributed by atoms with Crippen LogP contribution in [0.5, 0.6) is 0 Å². The van der Waals surface area contributed by atoms with E-state index in [-0.39, 0.29) is 5.69 Å². The highest BCUT2D eigenvalue weighted by molar-refractivity contribution is 7.88. The molecule has 8 N–H and O–H groups in total. The molecule has 176 valence electrons. The van der Waals surface area contributed by atoms with Crippen LogP contribution in [-0.4, -0.2) is 63.9 Å². The van der Waals surface area contributed by atoms with Gasteiger partial charge in [-0.2, -0.15) is 13.1 Å². The Morgan fingerprint density at radius 3 is 2.67 bits per heavy atom. The van der Waals surface area contributed by atoms with Crippen LogP contribution in [0.25, 0.3) is 11.2 Å². The van der Waals surface area contributed by atoms with Crippen LogP contribution >= 0.6 is 0 Å². The fraction of sp³-hybridized carbons (Fsp3) is 0.278. The number of imidazole rings is 1. The molecule has 3 aromatic rings. The van der Waals surface area contributed by atoms with Crippen molar-refractivity contribution in [3.63, 3.8) is 0 Å². The van der Waals surface area contributed by atoms with Gasteiger partial charge in [0, 0.05) is 18.4 Å². The molecular formula is C18H20FN7O6S. The minimum absolute atomic E-state index is 0.245. The molecule has 0 saturated carbocycles. The topological polar surface area (TPSA) is 208 Å². The van der Waals surface area contributed by atoms with Crippen LogP contribution in [0.4, 0.5) is 15.8 Å². The number of carbonyl (C=O) groups is 1. The van der Waals surface area contributed by atoms with E-state index in [1.807, 2.05) is 4.72 Å². The zero-order valence-electron chi connectivity index (χ0n) is 16.8. The van der Waals surface area contributed by atoms with E-state index < -0.39 is 58.6 Å². The molecule has 0 spiro atoms. The van der Waals surface area contributed by atoms with Crippen molar-refractivity contribution < 1.29 is 32.6 Å². The number of nitrogens with two attached hydrogens (primary N) is 2. The Hall–Kier alpha value is -3.37. The molecule has 0 radical (unpaired) electrons. The number of aromatic nitrogens is 3. The summed E-state index contributed by atoms with van der Waals surface area (Å²) in [7, 11) is -4.49. The lowest BCUT2D eigenvalue weighted by molar-refractivity contribution is -0.0330. The summed E-state index contributed by atoms with van der Waals surface area (Å²) in [4.78, 5) is 20.4. The van der Waals surface area contributed by atoms with E-state index in [0.29, 0.717) is 16.9 Å². The Balaban J connectivity index is 1.45. The first kappa shape index (κ1) is 22.8. The number of aliphatic hydroxyl groups is 2. The fourth-order valence-corrected chi connectivity index (χ4v) is 4.25. The number of pyridine rings is 1. The SMILES string of the molecule is Nc1cccc(F)c1C(=O)NS(=O)(=O)NC[C@H]1O[C@@H](n2cnc3c(N)ccnc32)[C@H](O)[C@@H]1O. The summed E-state index contributed by atoms with van der Waals surface area (Å²) in [5, 5.41) is 20.8. The Morgan fingerprint density at radius 1 is 1.18 bits per heavy atom. The van der Waals surface area contributed by atoms with Crippen LogP contribution in [0.15, 0.2) is 36.8 Å². The molecule has 15 heteroatoms. The van der Waals surface area contributed by atoms with Gasteiger partial charge >= 0.3 is 10.2 Å². The number of halogens is 1. The van der Waals surface area contributed by atoms with Gasteiger partial charge in [0.1, 0.15) is 29.6 Å². The third kappa shape index (κ3) is 4.31.